The summed E-state index contributed by atoms with van der Waals surface area (Å²) >= 11 is 3.34. The van der Waals surface area contributed by atoms with E-state index in [9.17, 15) is 18.0 Å². The second-order valence-corrected chi connectivity index (χ2v) is 10.3. The first-order chi connectivity index (χ1) is 15.7. The van der Waals surface area contributed by atoms with Gasteiger partial charge in [-0.1, -0.05) is 15.9 Å². The molecule has 3 rings (SSSR count). The van der Waals surface area contributed by atoms with Gasteiger partial charge in [0.25, 0.3) is 5.91 Å². The molecular weight excluding hydrogens is 516 g/mol. The van der Waals surface area contributed by atoms with E-state index >= 15 is 0 Å². The Labute approximate surface area is 202 Å². The van der Waals surface area contributed by atoms with Crippen molar-refractivity contribution in [1.29, 1.82) is 0 Å². The summed E-state index contributed by atoms with van der Waals surface area (Å²) < 4.78 is 39.6. The standard InChI is InChI=1S/C20H26BrN3O6S.CH5N/c1-13(2)29-8-3-6-22-20(26)18-11-24(7-9-30-18)31(27,28)19-15-10-14(21)4-5-16(15)23-17(19)12-25;1-2/h4-5,10,12-13,18,23H,3,6-9,11H2,1-2H3,(H,22,26);2H2,1H3. The van der Waals surface area contributed by atoms with Crippen LogP contribution in [0.5, 0.6) is 0 Å². The smallest absolute Gasteiger partial charge is 0.250 e. The SMILES string of the molecule is CC(C)OCCCNC(=O)C1CN(S(=O)(=O)c2c(C=O)[nH]c3ccc(Br)cc23)CCO1.CN. The van der Waals surface area contributed by atoms with E-state index in [0.29, 0.717) is 41.2 Å². The van der Waals surface area contributed by atoms with Crippen LogP contribution in [0.1, 0.15) is 30.8 Å². The van der Waals surface area contributed by atoms with E-state index in [0.717, 1.165) is 0 Å². The molecule has 1 saturated heterocycles. The Morgan fingerprint density at radius 3 is 2.82 bits per heavy atom. The molecule has 0 aliphatic carbocycles. The quantitative estimate of drug-likeness (QED) is 0.320. The number of nitrogens with one attached hydrogen (secondary N) is 2. The molecule has 1 amide bonds. The van der Waals surface area contributed by atoms with Gasteiger partial charge in [-0.2, -0.15) is 4.31 Å². The predicted octanol–water partition coefficient (Wildman–Crippen LogP) is 1.64. The average Bonchev–Trinajstić information content (AvgIpc) is 3.18. The summed E-state index contributed by atoms with van der Waals surface area (Å²) in [4.78, 5) is 26.8. The van der Waals surface area contributed by atoms with Gasteiger partial charge in [-0.15, -0.1) is 0 Å². The molecule has 2 heterocycles. The molecule has 1 aliphatic rings. The van der Waals surface area contributed by atoms with Gasteiger partial charge in [0.2, 0.25) is 10.0 Å². The van der Waals surface area contributed by atoms with Crippen LogP contribution in [0, 0.1) is 0 Å². The third-order valence-electron chi connectivity index (χ3n) is 4.85. The first-order valence-electron chi connectivity index (χ1n) is 10.6. The van der Waals surface area contributed by atoms with E-state index in [-0.39, 0.29) is 42.3 Å². The number of aromatic nitrogens is 1. The second kappa shape index (κ2) is 12.6. The van der Waals surface area contributed by atoms with E-state index in [1.54, 1.807) is 18.2 Å². The third kappa shape index (κ3) is 6.84. The fourth-order valence-electron chi connectivity index (χ4n) is 3.37. The van der Waals surface area contributed by atoms with E-state index in [4.69, 9.17) is 9.47 Å². The molecule has 1 aliphatic heterocycles. The molecular formula is C21H31BrN4O6S. The number of halogens is 1. The minimum atomic E-state index is -4.04. The zero-order valence-corrected chi connectivity index (χ0v) is 21.4. The summed E-state index contributed by atoms with van der Waals surface area (Å²) in [7, 11) is -2.54. The molecule has 1 aromatic heterocycles. The topological polar surface area (TPSA) is 144 Å². The molecule has 1 atom stereocenters. The van der Waals surface area contributed by atoms with Gasteiger partial charge in [0.05, 0.1) is 18.4 Å². The summed E-state index contributed by atoms with van der Waals surface area (Å²) in [6.45, 7) is 4.84. The molecule has 12 heteroatoms. The number of morpholine rings is 1. The van der Waals surface area contributed by atoms with Gasteiger partial charge in [0, 0.05) is 41.6 Å². The van der Waals surface area contributed by atoms with Crippen molar-refractivity contribution >= 4 is 49.0 Å². The number of rotatable bonds is 9. The molecule has 1 fully saturated rings. The van der Waals surface area contributed by atoms with Crippen LogP contribution >= 0.6 is 15.9 Å². The van der Waals surface area contributed by atoms with Gasteiger partial charge in [0.15, 0.2) is 6.29 Å². The van der Waals surface area contributed by atoms with E-state index < -0.39 is 16.1 Å². The Kier molecular flexibility index (Phi) is 10.5. The molecule has 0 bridgehead atoms. The molecule has 0 saturated carbocycles. The third-order valence-corrected chi connectivity index (χ3v) is 7.31. The molecule has 10 nitrogen and oxygen atoms in total. The number of carbonyl (C=O) groups is 2. The summed E-state index contributed by atoms with van der Waals surface area (Å²) in [5.74, 6) is -0.373. The predicted molar refractivity (Wildman–Crippen MR) is 129 cm³/mol. The van der Waals surface area contributed by atoms with Crippen molar-refractivity contribution in [2.45, 2.75) is 37.4 Å². The van der Waals surface area contributed by atoms with Gasteiger partial charge in [0.1, 0.15) is 11.0 Å². The number of aldehydes is 1. The van der Waals surface area contributed by atoms with Crippen molar-refractivity contribution in [3.8, 4) is 0 Å². The van der Waals surface area contributed by atoms with Gasteiger partial charge >= 0.3 is 0 Å². The minimum Gasteiger partial charge on any atom is -0.379 e. The average molecular weight is 547 g/mol. The number of aromatic amines is 1. The number of amides is 1. The van der Waals surface area contributed by atoms with Crippen molar-refractivity contribution in [3.05, 3.63) is 28.4 Å². The van der Waals surface area contributed by atoms with Crippen LogP contribution in [0.4, 0.5) is 0 Å². The number of H-pyrrole nitrogens is 1. The highest BCUT2D eigenvalue weighted by molar-refractivity contribution is 9.10. The van der Waals surface area contributed by atoms with Crippen LogP contribution in [0.15, 0.2) is 27.6 Å². The van der Waals surface area contributed by atoms with Crippen LogP contribution in [-0.2, 0) is 24.3 Å². The van der Waals surface area contributed by atoms with E-state index in [1.165, 1.54) is 11.4 Å². The molecule has 1 aromatic carbocycles. The molecule has 33 heavy (non-hydrogen) atoms. The Hall–Kier alpha value is -1.83. The number of hydrogen-bond acceptors (Lipinski definition) is 7. The summed E-state index contributed by atoms with van der Waals surface area (Å²) in [5, 5.41) is 3.17. The monoisotopic (exact) mass is 546 g/mol. The summed E-state index contributed by atoms with van der Waals surface area (Å²) in [5.41, 5.74) is 5.01. The highest BCUT2D eigenvalue weighted by Gasteiger charge is 2.36. The molecule has 1 unspecified atom stereocenters. The summed E-state index contributed by atoms with van der Waals surface area (Å²) in [6, 6.07) is 5.10. The summed E-state index contributed by atoms with van der Waals surface area (Å²) in [6.07, 6.45) is 0.333. The van der Waals surface area contributed by atoms with E-state index in [2.05, 4.69) is 32.0 Å². The lowest BCUT2D eigenvalue weighted by Crippen LogP contribution is -2.51. The lowest BCUT2D eigenvalue weighted by molar-refractivity contribution is -0.136. The van der Waals surface area contributed by atoms with Gasteiger partial charge in [-0.05, 0) is 45.5 Å². The highest BCUT2D eigenvalue weighted by atomic mass is 79.9. The molecule has 0 radical (unpaired) electrons. The molecule has 4 N–H and O–H groups in total. The van der Waals surface area contributed by atoms with Crippen LogP contribution in [0.2, 0.25) is 0 Å². The maximum Gasteiger partial charge on any atom is 0.250 e. The lowest BCUT2D eigenvalue weighted by Gasteiger charge is -2.31. The number of nitrogens with two attached hydrogens (primary N) is 1. The van der Waals surface area contributed by atoms with Crippen molar-refractivity contribution in [2.24, 2.45) is 5.73 Å². The minimum absolute atomic E-state index is 0.0225. The molecule has 0 spiro atoms. The maximum absolute atomic E-state index is 13.4. The zero-order valence-electron chi connectivity index (χ0n) is 19.0. The second-order valence-electron chi connectivity index (χ2n) is 7.46. The van der Waals surface area contributed by atoms with Crippen LogP contribution < -0.4 is 11.1 Å². The van der Waals surface area contributed by atoms with E-state index in [1.807, 2.05) is 13.8 Å². The van der Waals surface area contributed by atoms with Crippen LogP contribution in [-0.4, -0.2) is 82.0 Å². The zero-order chi connectivity index (χ0) is 24.6. The number of ether oxygens (including phenoxy) is 2. The van der Waals surface area contributed by atoms with Crippen molar-refractivity contribution in [1.82, 2.24) is 14.6 Å². The number of fused-ring (bicyclic) bond motifs is 1. The number of sulfonamides is 1. The van der Waals surface area contributed by atoms with Crippen LogP contribution in [0.3, 0.4) is 0 Å². The Morgan fingerprint density at radius 2 is 2.15 bits per heavy atom. The van der Waals surface area contributed by atoms with Crippen molar-refractivity contribution < 1.29 is 27.5 Å². The van der Waals surface area contributed by atoms with Crippen molar-refractivity contribution in [3.63, 3.8) is 0 Å². The lowest BCUT2D eigenvalue weighted by atomic mass is 10.2. The fraction of sp³-hybridized carbons (Fsp3) is 0.524. The Morgan fingerprint density at radius 1 is 1.42 bits per heavy atom. The highest BCUT2D eigenvalue weighted by Crippen LogP contribution is 2.31. The normalized spacial score (nSPS) is 17.0. The molecule has 184 valence electrons. The first kappa shape index (κ1) is 27.4. The largest absolute Gasteiger partial charge is 0.379 e. The number of hydrogen-bond donors (Lipinski definition) is 3. The maximum atomic E-state index is 13.4. The van der Waals surface area contributed by atoms with Gasteiger partial charge in [-0.3, -0.25) is 9.59 Å². The van der Waals surface area contributed by atoms with Gasteiger partial charge in [-0.25, -0.2) is 8.42 Å². The van der Waals surface area contributed by atoms with Crippen LogP contribution in [0.25, 0.3) is 10.9 Å². The number of nitrogens with zero attached hydrogens (tertiary/aromatic N) is 1. The fourth-order valence-corrected chi connectivity index (χ4v) is 5.46. The van der Waals surface area contributed by atoms with Crippen molar-refractivity contribution in [2.75, 3.05) is 39.9 Å². The number of carbonyl (C=O) groups excluding carboxylic acids is 2. The Bertz CT molecular complexity index is 1060. The molecule has 2 aromatic rings. The number of benzene rings is 1. The van der Waals surface area contributed by atoms with Gasteiger partial charge < -0.3 is 25.5 Å². The first-order valence-corrected chi connectivity index (χ1v) is 12.8. The Balaban J connectivity index is 0.00000187.